The number of rotatable bonds is 8. The summed E-state index contributed by atoms with van der Waals surface area (Å²) < 4.78 is 6.37. The first-order valence-corrected chi connectivity index (χ1v) is 20.7. The summed E-state index contributed by atoms with van der Waals surface area (Å²) in [6.07, 6.45) is 0. The van der Waals surface area contributed by atoms with E-state index in [2.05, 4.69) is 194 Å². The Bertz CT molecular complexity index is 3320. The Morgan fingerprint density at radius 2 is 0.721 bits per heavy atom. The Morgan fingerprint density at radius 3 is 1.31 bits per heavy atom. The van der Waals surface area contributed by atoms with Crippen LogP contribution in [-0.4, -0.2) is 9.97 Å². The summed E-state index contributed by atoms with van der Waals surface area (Å²) in [4.78, 5) is 10.3. The highest BCUT2D eigenvalue weighted by Crippen LogP contribution is 2.50. The van der Waals surface area contributed by atoms with E-state index < -0.39 is 0 Å². The Balaban J connectivity index is 1.12. The van der Waals surface area contributed by atoms with Gasteiger partial charge in [0, 0.05) is 16.5 Å². The molecule has 0 bridgehead atoms. The van der Waals surface area contributed by atoms with Crippen molar-refractivity contribution in [2.75, 3.05) is 0 Å². The van der Waals surface area contributed by atoms with Gasteiger partial charge < -0.3 is 4.42 Å². The summed E-state index contributed by atoms with van der Waals surface area (Å²) in [6.45, 7) is 0. The smallest absolute Gasteiger partial charge is 0.231 e. The van der Waals surface area contributed by atoms with Crippen LogP contribution in [0, 0.1) is 0 Å². The van der Waals surface area contributed by atoms with Crippen molar-refractivity contribution < 1.29 is 4.42 Å². The van der Waals surface area contributed by atoms with Crippen LogP contribution >= 0.6 is 0 Å². The highest BCUT2D eigenvalue weighted by molar-refractivity contribution is 6.11. The van der Waals surface area contributed by atoms with E-state index >= 15 is 0 Å². The molecule has 2 aromatic heterocycles. The molecule has 0 amide bonds. The molecule has 11 aromatic rings. The minimum atomic E-state index is 0.577. The summed E-state index contributed by atoms with van der Waals surface area (Å²) in [5, 5.41) is 1.93. The third-order valence-electron chi connectivity index (χ3n) is 11.5. The second kappa shape index (κ2) is 15.6. The van der Waals surface area contributed by atoms with Crippen LogP contribution in [0.1, 0.15) is 0 Å². The number of furan rings is 1. The lowest BCUT2D eigenvalue weighted by Gasteiger charge is -2.24. The quantitative estimate of drug-likeness (QED) is 0.154. The summed E-state index contributed by atoms with van der Waals surface area (Å²) >= 11 is 0. The average molecular weight is 779 g/mol. The number of para-hydroxylation sites is 1. The molecule has 0 saturated carbocycles. The number of benzene rings is 9. The van der Waals surface area contributed by atoms with Gasteiger partial charge in [-0.1, -0.05) is 206 Å². The first-order valence-electron chi connectivity index (χ1n) is 20.7. The number of hydrogen-bond donors (Lipinski definition) is 0. The zero-order valence-corrected chi connectivity index (χ0v) is 33.2. The van der Waals surface area contributed by atoms with Crippen molar-refractivity contribution in [3.05, 3.63) is 231 Å². The average Bonchev–Trinajstić information content (AvgIpc) is 3.73. The molecule has 286 valence electrons. The SMILES string of the molecule is c1ccc(-c2cc(-c3cccc(-c4cccc(-c5nc(-c6ccccc6)c6c(n5)oc5ccccc56)c4)c3)c(-c3ccccc3)c(-c3ccccc3)c2-c2ccccc2)cc1. The molecule has 9 aromatic carbocycles. The molecule has 0 unspecified atom stereocenters. The molecule has 2 heterocycles. The van der Waals surface area contributed by atoms with Gasteiger partial charge in [0.25, 0.3) is 0 Å². The van der Waals surface area contributed by atoms with Crippen LogP contribution in [0.25, 0.3) is 111 Å². The van der Waals surface area contributed by atoms with E-state index in [1.165, 1.54) is 38.9 Å². The van der Waals surface area contributed by atoms with Gasteiger partial charge in [0.2, 0.25) is 5.71 Å². The predicted molar refractivity (Wildman–Crippen MR) is 253 cm³/mol. The van der Waals surface area contributed by atoms with Crippen LogP contribution in [0.2, 0.25) is 0 Å². The number of aromatic nitrogens is 2. The molecular weight excluding hydrogens is 741 g/mol. The fourth-order valence-electron chi connectivity index (χ4n) is 8.72. The monoisotopic (exact) mass is 778 g/mol. The van der Waals surface area contributed by atoms with Gasteiger partial charge in [-0.05, 0) is 91.0 Å². The molecule has 0 fully saturated rings. The lowest BCUT2D eigenvalue weighted by Crippen LogP contribution is -1.98. The van der Waals surface area contributed by atoms with Gasteiger partial charge in [-0.25, -0.2) is 4.98 Å². The lowest BCUT2D eigenvalue weighted by atomic mass is 9.78. The van der Waals surface area contributed by atoms with Crippen LogP contribution in [-0.2, 0) is 0 Å². The summed E-state index contributed by atoms with van der Waals surface area (Å²) in [5.41, 5.74) is 18.1. The molecule has 0 atom stereocenters. The van der Waals surface area contributed by atoms with Gasteiger partial charge in [0.1, 0.15) is 5.58 Å². The van der Waals surface area contributed by atoms with E-state index in [0.29, 0.717) is 11.5 Å². The van der Waals surface area contributed by atoms with Crippen molar-refractivity contribution in [1.82, 2.24) is 9.97 Å². The second-order valence-electron chi connectivity index (χ2n) is 15.3. The normalized spacial score (nSPS) is 11.3. The van der Waals surface area contributed by atoms with E-state index in [-0.39, 0.29) is 0 Å². The molecule has 0 N–H and O–H groups in total. The van der Waals surface area contributed by atoms with Gasteiger partial charge >= 0.3 is 0 Å². The number of nitrogens with zero attached hydrogens (tertiary/aromatic N) is 2. The third kappa shape index (κ3) is 6.69. The van der Waals surface area contributed by atoms with Gasteiger partial charge in [0.15, 0.2) is 5.82 Å². The van der Waals surface area contributed by atoms with Crippen LogP contribution in [0.5, 0.6) is 0 Å². The Labute approximate surface area is 354 Å². The van der Waals surface area contributed by atoms with Crippen molar-refractivity contribution in [1.29, 1.82) is 0 Å². The van der Waals surface area contributed by atoms with Crippen molar-refractivity contribution in [2.45, 2.75) is 0 Å². The maximum Gasteiger partial charge on any atom is 0.231 e. The molecule has 3 nitrogen and oxygen atoms in total. The Hall–Kier alpha value is -8.14. The van der Waals surface area contributed by atoms with E-state index in [1.54, 1.807) is 0 Å². The maximum atomic E-state index is 6.37. The van der Waals surface area contributed by atoms with Gasteiger partial charge in [-0.3, -0.25) is 0 Å². The fourth-order valence-corrected chi connectivity index (χ4v) is 8.72. The molecular formula is C58H38N2O. The molecule has 0 spiro atoms. The molecule has 0 saturated heterocycles. The van der Waals surface area contributed by atoms with E-state index in [4.69, 9.17) is 14.4 Å². The van der Waals surface area contributed by atoms with E-state index in [1.807, 2.05) is 36.4 Å². The third-order valence-corrected chi connectivity index (χ3v) is 11.5. The van der Waals surface area contributed by atoms with Crippen molar-refractivity contribution in [3.63, 3.8) is 0 Å². The minimum Gasteiger partial charge on any atom is -0.438 e. The summed E-state index contributed by atoms with van der Waals surface area (Å²) in [5.74, 6) is 0.617. The van der Waals surface area contributed by atoms with Gasteiger partial charge in [-0.2, -0.15) is 4.98 Å². The molecule has 11 rings (SSSR count). The number of fused-ring (bicyclic) bond motifs is 3. The molecule has 3 heteroatoms. The van der Waals surface area contributed by atoms with Crippen LogP contribution in [0.3, 0.4) is 0 Å². The largest absolute Gasteiger partial charge is 0.438 e. The zero-order valence-electron chi connectivity index (χ0n) is 33.2. The van der Waals surface area contributed by atoms with Gasteiger partial charge in [-0.15, -0.1) is 0 Å². The topological polar surface area (TPSA) is 38.9 Å². The van der Waals surface area contributed by atoms with E-state index in [0.717, 1.165) is 61.0 Å². The predicted octanol–water partition coefficient (Wildman–Crippen LogP) is 15.7. The standard InChI is InChI=1S/C58H38N2O/c1-6-20-39(21-7-1)49-38-50(53(41-24-10-3-11-25-41)54(42-26-12-4-13-27-42)52(49)40-22-8-2-9-23-40)46-32-18-30-44(36-46)45-31-19-33-47(37-45)57-59-56(43-28-14-5-15-29-43)55-48-34-16-17-35-51(48)61-58(55)60-57/h1-38H. The molecule has 0 aliphatic heterocycles. The van der Waals surface area contributed by atoms with Crippen molar-refractivity contribution >= 4 is 22.1 Å². The molecule has 61 heavy (non-hydrogen) atoms. The van der Waals surface area contributed by atoms with E-state index in [9.17, 15) is 0 Å². The highest BCUT2D eigenvalue weighted by Gasteiger charge is 2.24. The summed E-state index contributed by atoms with van der Waals surface area (Å²) in [7, 11) is 0. The van der Waals surface area contributed by atoms with Gasteiger partial charge in [0.05, 0.1) is 11.1 Å². The fraction of sp³-hybridized carbons (Fsp3) is 0. The second-order valence-corrected chi connectivity index (χ2v) is 15.3. The number of hydrogen-bond acceptors (Lipinski definition) is 3. The van der Waals surface area contributed by atoms with Crippen molar-refractivity contribution in [2.24, 2.45) is 0 Å². The van der Waals surface area contributed by atoms with Crippen LogP contribution in [0.4, 0.5) is 0 Å². The maximum absolute atomic E-state index is 6.37. The lowest BCUT2D eigenvalue weighted by molar-refractivity contribution is 0.653. The Morgan fingerprint density at radius 1 is 0.295 bits per heavy atom. The Kier molecular flexibility index (Phi) is 9.18. The molecule has 0 aliphatic carbocycles. The zero-order chi connectivity index (χ0) is 40.5. The minimum absolute atomic E-state index is 0.577. The highest BCUT2D eigenvalue weighted by atomic mass is 16.3. The van der Waals surface area contributed by atoms with Crippen molar-refractivity contribution in [3.8, 4) is 89.4 Å². The molecule has 0 radical (unpaired) electrons. The first-order chi connectivity index (χ1) is 30.3. The summed E-state index contributed by atoms with van der Waals surface area (Å²) in [6, 6.07) is 81.6. The van der Waals surface area contributed by atoms with Crippen LogP contribution < -0.4 is 0 Å². The molecule has 0 aliphatic rings. The van der Waals surface area contributed by atoms with Crippen LogP contribution in [0.15, 0.2) is 235 Å². The first kappa shape index (κ1) is 36.0.